The van der Waals surface area contributed by atoms with Crippen LogP contribution in [0.4, 0.5) is 0 Å². The average Bonchev–Trinajstić information content (AvgIpc) is 3.94. The lowest BCUT2D eigenvalue weighted by molar-refractivity contribution is -0.175. The Kier molecular flexibility index (Phi) is 5.37. The van der Waals surface area contributed by atoms with E-state index in [0.29, 0.717) is 11.2 Å². The van der Waals surface area contributed by atoms with Crippen molar-refractivity contribution in [3.05, 3.63) is 162 Å². The van der Waals surface area contributed by atoms with Gasteiger partial charge >= 0.3 is 0 Å². The summed E-state index contributed by atoms with van der Waals surface area (Å²) in [6.45, 7) is 0. The highest BCUT2D eigenvalue weighted by molar-refractivity contribution is 7.25. The maximum Gasteiger partial charge on any atom is 0.167 e. The lowest BCUT2D eigenvalue weighted by Gasteiger charge is -2.66. The Labute approximate surface area is 322 Å². The van der Waals surface area contributed by atoms with Crippen LogP contribution in [0.25, 0.3) is 54.1 Å². The largest absolute Gasteiger partial charge is 0.456 e. The van der Waals surface area contributed by atoms with Crippen molar-refractivity contribution in [1.29, 1.82) is 0 Å². The van der Waals surface area contributed by atoms with E-state index in [1.807, 2.05) is 11.3 Å². The van der Waals surface area contributed by atoms with Crippen LogP contribution in [0.2, 0.25) is 0 Å². The van der Waals surface area contributed by atoms with Gasteiger partial charge in [-0.3, -0.25) is 0 Å². The second-order valence-electron chi connectivity index (χ2n) is 17.3. The van der Waals surface area contributed by atoms with Crippen LogP contribution in [-0.2, 0) is 10.8 Å². The van der Waals surface area contributed by atoms with Crippen LogP contribution < -0.4 is 4.74 Å². The van der Waals surface area contributed by atoms with Gasteiger partial charge in [-0.2, -0.15) is 0 Å². The minimum absolute atomic E-state index is 0.0155. The molecule has 8 aromatic rings. The van der Waals surface area contributed by atoms with E-state index in [9.17, 15) is 0 Å². The summed E-state index contributed by atoms with van der Waals surface area (Å²) in [5.41, 5.74) is 9.42. The molecular weight excluding hydrogens is 691 g/mol. The molecule has 14 rings (SSSR count). The number of hydrogen-bond donors (Lipinski definition) is 0. The SMILES string of the molecule is c1ccc2c(c1)Oc1c(-c3nc(-c4ccc5c(c4)sc4ccccc45)nc(C45CC6C[C@@H]7C[C@@H](C4)C67C5)n3)cccc1C21c2ccccc2-c2ccccc21. The standard InChI is InChI=1S/C50H35N3OS/c1-4-14-37-32(10-1)33-11-2-5-15-38(33)50(37)39-16-6-7-18-41(39)54-44-36(13-9-17-40(44)50)46-51-45(28-20-21-35-34-12-3-8-19-42(34)55-43(35)22-28)52-47(53-46)48-25-30-23-29-24-31(26-48)49(29,30)27-48/h1-22,29-31H,23-27H2/t29-,30-,31?,48?,49?/m0/s1. The third kappa shape index (κ3) is 3.46. The van der Waals surface area contributed by atoms with Crippen LogP contribution in [0.1, 0.15) is 60.2 Å². The fraction of sp³-hybridized carbons (Fsp3) is 0.220. The van der Waals surface area contributed by atoms with E-state index in [2.05, 4.69) is 133 Å². The quantitative estimate of drug-likeness (QED) is 0.182. The first-order valence-corrected chi connectivity index (χ1v) is 20.7. The van der Waals surface area contributed by atoms with Gasteiger partial charge in [-0.15, -0.1) is 11.3 Å². The molecule has 1 aliphatic heterocycles. The van der Waals surface area contributed by atoms with Crippen LogP contribution in [0, 0.1) is 23.2 Å². The van der Waals surface area contributed by atoms with Gasteiger partial charge in [-0.1, -0.05) is 109 Å². The number of para-hydroxylation sites is 2. The second kappa shape index (κ2) is 9.96. The van der Waals surface area contributed by atoms with E-state index in [0.717, 1.165) is 57.6 Å². The van der Waals surface area contributed by atoms with Crippen molar-refractivity contribution < 1.29 is 4.74 Å². The first-order valence-electron chi connectivity index (χ1n) is 19.9. The Morgan fingerprint density at radius 3 is 1.98 bits per heavy atom. The molecule has 2 spiro atoms. The number of hydrogen-bond acceptors (Lipinski definition) is 5. The molecule has 0 saturated heterocycles. The molecule has 0 radical (unpaired) electrons. The van der Waals surface area contributed by atoms with Gasteiger partial charge < -0.3 is 4.74 Å². The molecule has 0 amide bonds. The van der Waals surface area contributed by atoms with Gasteiger partial charge in [0.25, 0.3) is 0 Å². The van der Waals surface area contributed by atoms with E-state index < -0.39 is 5.41 Å². The maximum absolute atomic E-state index is 7.11. The van der Waals surface area contributed by atoms with E-state index >= 15 is 0 Å². The Morgan fingerprint density at radius 2 is 1.20 bits per heavy atom. The summed E-state index contributed by atoms with van der Waals surface area (Å²) in [7, 11) is 0. The van der Waals surface area contributed by atoms with Crippen molar-refractivity contribution in [2.75, 3.05) is 0 Å². The van der Waals surface area contributed by atoms with E-state index in [1.165, 1.54) is 80.1 Å². The van der Waals surface area contributed by atoms with E-state index in [-0.39, 0.29) is 5.41 Å². The number of fused-ring (bicyclic) bond motifs is 13. The minimum atomic E-state index is -0.541. The summed E-state index contributed by atoms with van der Waals surface area (Å²) in [6, 6.07) is 48.6. The number of thiophene rings is 1. The Hall–Kier alpha value is -5.65. The molecule has 3 unspecified atom stereocenters. The molecule has 5 heteroatoms. The molecule has 0 N–H and O–H groups in total. The molecule has 55 heavy (non-hydrogen) atoms. The zero-order chi connectivity index (χ0) is 35.7. The number of aromatic nitrogens is 3. The average molecular weight is 726 g/mol. The highest BCUT2D eigenvalue weighted by Crippen LogP contribution is 2.84. The van der Waals surface area contributed by atoms with Crippen molar-refractivity contribution in [2.45, 2.75) is 42.9 Å². The van der Waals surface area contributed by atoms with E-state index in [4.69, 9.17) is 19.7 Å². The van der Waals surface area contributed by atoms with Gasteiger partial charge in [0.2, 0.25) is 0 Å². The summed E-state index contributed by atoms with van der Waals surface area (Å²) >= 11 is 1.85. The molecule has 4 fully saturated rings. The molecule has 2 bridgehead atoms. The van der Waals surface area contributed by atoms with Crippen LogP contribution in [-0.4, -0.2) is 15.0 Å². The van der Waals surface area contributed by atoms with Gasteiger partial charge in [0.1, 0.15) is 17.3 Å². The van der Waals surface area contributed by atoms with Crippen molar-refractivity contribution in [1.82, 2.24) is 15.0 Å². The van der Waals surface area contributed by atoms with Gasteiger partial charge in [-0.25, -0.2) is 15.0 Å². The predicted octanol–water partition coefficient (Wildman–Crippen LogP) is 12.1. The second-order valence-corrected chi connectivity index (χ2v) is 18.4. The lowest BCUT2D eigenvalue weighted by Crippen LogP contribution is -2.59. The lowest BCUT2D eigenvalue weighted by atomic mass is 9.38. The van der Waals surface area contributed by atoms with Crippen molar-refractivity contribution >= 4 is 31.5 Å². The molecule has 5 atom stereocenters. The molecule has 262 valence electrons. The Balaban J connectivity index is 1.02. The summed E-state index contributed by atoms with van der Waals surface area (Å²) in [5, 5.41) is 2.59. The number of ether oxygens (including phenoxy) is 1. The van der Waals surface area contributed by atoms with Gasteiger partial charge in [0, 0.05) is 42.3 Å². The third-order valence-corrected chi connectivity index (χ3v) is 16.3. The highest BCUT2D eigenvalue weighted by Gasteiger charge is 2.78. The van der Waals surface area contributed by atoms with Gasteiger partial charge in [0.15, 0.2) is 11.6 Å². The van der Waals surface area contributed by atoms with Crippen molar-refractivity contribution in [3.63, 3.8) is 0 Å². The highest BCUT2D eigenvalue weighted by atomic mass is 32.1. The minimum Gasteiger partial charge on any atom is -0.456 e. The monoisotopic (exact) mass is 725 g/mol. The topological polar surface area (TPSA) is 47.9 Å². The van der Waals surface area contributed by atoms with Crippen LogP contribution in [0.3, 0.4) is 0 Å². The number of nitrogens with zero attached hydrogens (tertiary/aromatic N) is 3. The summed E-state index contributed by atoms with van der Waals surface area (Å²) in [5.74, 6) is 6.77. The molecular formula is C50H35N3OS. The molecule has 6 aliphatic rings. The molecule has 6 aromatic carbocycles. The first-order chi connectivity index (χ1) is 27.1. The zero-order valence-electron chi connectivity index (χ0n) is 30.1. The number of rotatable bonds is 3. The zero-order valence-corrected chi connectivity index (χ0v) is 30.9. The van der Waals surface area contributed by atoms with Gasteiger partial charge in [-0.05, 0) is 102 Å². The Bertz CT molecular complexity index is 2950. The van der Waals surface area contributed by atoms with Crippen molar-refractivity contribution in [2.24, 2.45) is 23.2 Å². The molecule has 3 heterocycles. The summed E-state index contributed by atoms with van der Waals surface area (Å²) in [6.07, 6.45) is 6.47. The summed E-state index contributed by atoms with van der Waals surface area (Å²) in [4.78, 5) is 16.5. The smallest absolute Gasteiger partial charge is 0.167 e. The fourth-order valence-corrected chi connectivity index (χ4v) is 14.3. The third-order valence-electron chi connectivity index (χ3n) is 15.2. The maximum atomic E-state index is 7.11. The van der Waals surface area contributed by atoms with Crippen LogP contribution >= 0.6 is 11.3 Å². The predicted molar refractivity (Wildman–Crippen MR) is 219 cm³/mol. The molecule has 2 aromatic heterocycles. The normalized spacial score (nSPS) is 26.4. The molecule has 5 aliphatic carbocycles. The van der Waals surface area contributed by atoms with E-state index in [1.54, 1.807) is 0 Å². The Morgan fingerprint density at radius 1 is 0.545 bits per heavy atom. The number of benzene rings is 6. The fourth-order valence-electron chi connectivity index (χ4n) is 13.1. The van der Waals surface area contributed by atoms with Crippen molar-refractivity contribution in [3.8, 4) is 45.4 Å². The summed E-state index contributed by atoms with van der Waals surface area (Å²) < 4.78 is 9.68. The van der Waals surface area contributed by atoms with Gasteiger partial charge in [0.05, 0.1) is 11.0 Å². The molecule has 4 saturated carbocycles. The van der Waals surface area contributed by atoms with Crippen LogP contribution in [0.5, 0.6) is 11.5 Å². The molecule has 4 nitrogen and oxygen atoms in total. The first kappa shape index (κ1) is 29.7. The van der Waals surface area contributed by atoms with Crippen LogP contribution in [0.15, 0.2) is 133 Å².